The highest BCUT2D eigenvalue weighted by Crippen LogP contribution is 2.19. The first kappa shape index (κ1) is 15.3. The molecule has 0 aromatic carbocycles. The minimum Gasteiger partial charge on any atom is -0.386 e. The second kappa shape index (κ2) is 6.97. The third kappa shape index (κ3) is 3.36. The summed E-state index contributed by atoms with van der Waals surface area (Å²) in [7, 11) is 1.68. The van der Waals surface area contributed by atoms with Crippen LogP contribution >= 0.6 is 0 Å². The Labute approximate surface area is 114 Å². The Hall–Kier alpha value is -1.78. The van der Waals surface area contributed by atoms with Crippen LogP contribution in [-0.2, 0) is 7.05 Å². The maximum absolute atomic E-state index is 12.2. The Morgan fingerprint density at radius 3 is 2.63 bits per heavy atom. The molecule has 1 aromatic heterocycles. The molecule has 0 radical (unpaired) electrons. The Bertz CT molecular complexity index is 498. The molecule has 5 nitrogen and oxygen atoms in total. The molecular formula is C14H24N4O. The molecule has 2 atom stereocenters. The van der Waals surface area contributed by atoms with Gasteiger partial charge in [-0.05, 0) is 32.9 Å². The van der Waals surface area contributed by atoms with Gasteiger partial charge in [0.25, 0.3) is 0 Å². The van der Waals surface area contributed by atoms with Crippen LogP contribution in [-0.4, -0.2) is 20.4 Å². The van der Waals surface area contributed by atoms with Gasteiger partial charge in [-0.3, -0.25) is 4.57 Å². The molecule has 0 amide bonds. The largest absolute Gasteiger partial charge is 0.386 e. The van der Waals surface area contributed by atoms with Gasteiger partial charge in [-0.25, -0.2) is 9.48 Å². The van der Waals surface area contributed by atoms with E-state index >= 15 is 0 Å². The predicted molar refractivity (Wildman–Crippen MR) is 78.1 cm³/mol. The lowest BCUT2D eigenvalue weighted by atomic mass is 10.0. The van der Waals surface area contributed by atoms with Gasteiger partial charge in [-0.15, -0.1) is 6.58 Å². The summed E-state index contributed by atoms with van der Waals surface area (Å²) < 4.78 is 3.14. The number of nitrogens with zero attached hydrogens (tertiary/aromatic N) is 3. The van der Waals surface area contributed by atoms with Crippen molar-refractivity contribution in [3.05, 3.63) is 41.2 Å². The summed E-state index contributed by atoms with van der Waals surface area (Å²) in [6, 6.07) is 0.203. The second-order valence-electron chi connectivity index (χ2n) is 4.60. The fourth-order valence-electron chi connectivity index (χ4n) is 2.33. The highest BCUT2D eigenvalue weighted by Gasteiger charge is 2.24. The molecule has 0 saturated carbocycles. The van der Waals surface area contributed by atoms with E-state index in [4.69, 9.17) is 0 Å². The maximum atomic E-state index is 12.2. The first-order valence-electron chi connectivity index (χ1n) is 6.67. The Morgan fingerprint density at radius 2 is 2.21 bits per heavy atom. The van der Waals surface area contributed by atoms with Crippen molar-refractivity contribution in [3.63, 3.8) is 0 Å². The molecule has 5 heteroatoms. The molecule has 0 bridgehead atoms. The van der Waals surface area contributed by atoms with E-state index < -0.39 is 0 Å². The summed E-state index contributed by atoms with van der Waals surface area (Å²) in [4.78, 5) is 12.2. The van der Waals surface area contributed by atoms with E-state index in [1.807, 2.05) is 32.2 Å². The third-order valence-electron chi connectivity index (χ3n) is 3.25. The van der Waals surface area contributed by atoms with Gasteiger partial charge in [0.15, 0.2) is 0 Å². The van der Waals surface area contributed by atoms with Gasteiger partial charge in [-0.2, -0.15) is 5.10 Å². The van der Waals surface area contributed by atoms with Crippen molar-refractivity contribution < 1.29 is 0 Å². The number of allylic oxidation sites excluding steroid dienone is 2. The van der Waals surface area contributed by atoms with Crippen LogP contribution in [0.1, 0.15) is 38.6 Å². The topological polar surface area (TPSA) is 51.9 Å². The van der Waals surface area contributed by atoms with Crippen LogP contribution in [0.5, 0.6) is 0 Å². The third-order valence-corrected chi connectivity index (χ3v) is 3.25. The van der Waals surface area contributed by atoms with Gasteiger partial charge in [0.2, 0.25) is 0 Å². The zero-order valence-corrected chi connectivity index (χ0v) is 12.3. The smallest absolute Gasteiger partial charge is 0.345 e. The van der Waals surface area contributed by atoms with Crippen LogP contribution in [0.2, 0.25) is 0 Å². The second-order valence-corrected chi connectivity index (χ2v) is 4.60. The zero-order chi connectivity index (χ0) is 14.4. The minimum absolute atomic E-state index is 0.0277. The van der Waals surface area contributed by atoms with Crippen molar-refractivity contribution in [2.75, 3.05) is 0 Å². The number of rotatable bonds is 7. The number of hydrogen-bond donors (Lipinski definition) is 1. The van der Waals surface area contributed by atoms with Gasteiger partial charge in [-0.1, -0.05) is 19.1 Å². The number of aryl methyl sites for hydroxylation is 2. The molecular weight excluding hydrogens is 240 g/mol. The first-order valence-corrected chi connectivity index (χ1v) is 6.67. The normalized spacial score (nSPS) is 14.5. The molecule has 1 aromatic rings. The molecule has 1 unspecified atom stereocenters. The van der Waals surface area contributed by atoms with Gasteiger partial charge < -0.3 is 5.32 Å². The van der Waals surface area contributed by atoms with Crippen molar-refractivity contribution in [1.82, 2.24) is 19.7 Å². The van der Waals surface area contributed by atoms with E-state index in [2.05, 4.69) is 23.9 Å². The van der Waals surface area contributed by atoms with Crippen molar-refractivity contribution in [1.29, 1.82) is 0 Å². The van der Waals surface area contributed by atoms with E-state index in [0.29, 0.717) is 0 Å². The van der Waals surface area contributed by atoms with Gasteiger partial charge in [0.05, 0.1) is 6.04 Å². The van der Waals surface area contributed by atoms with E-state index in [1.165, 1.54) is 4.68 Å². The van der Waals surface area contributed by atoms with Crippen molar-refractivity contribution >= 4 is 0 Å². The Kier molecular flexibility index (Phi) is 5.60. The molecule has 0 aliphatic carbocycles. The molecule has 19 heavy (non-hydrogen) atoms. The summed E-state index contributed by atoms with van der Waals surface area (Å²) in [6.07, 6.45) is 7.37. The molecule has 1 rings (SSSR count). The summed E-state index contributed by atoms with van der Waals surface area (Å²) in [6.45, 7) is 9.73. The lowest BCUT2D eigenvalue weighted by Crippen LogP contribution is -2.39. The lowest BCUT2D eigenvalue weighted by molar-refractivity contribution is 0.354. The predicted octanol–water partition coefficient (Wildman–Crippen LogP) is 1.91. The van der Waals surface area contributed by atoms with Crippen LogP contribution in [0.25, 0.3) is 0 Å². The lowest BCUT2D eigenvalue weighted by Gasteiger charge is -2.26. The highest BCUT2D eigenvalue weighted by molar-refractivity contribution is 4.96. The average molecular weight is 264 g/mol. The molecule has 0 spiro atoms. The van der Waals surface area contributed by atoms with E-state index in [9.17, 15) is 4.79 Å². The molecule has 0 saturated heterocycles. The van der Waals surface area contributed by atoms with Gasteiger partial charge in [0.1, 0.15) is 5.82 Å². The molecule has 106 valence electrons. The SMILES string of the molecule is C=CC[C@H](C(CC)N/C=C\C)n1c(C)nn(C)c1=O. The average Bonchev–Trinajstić information content (AvgIpc) is 2.63. The Morgan fingerprint density at radius 1 is 1.53 bits per heavy atom. The van der Waals surface area contributed by atoms with Crippen molar-refractivity contribution in [2.24, 2.45) is 7.05 Å². The van der Waals surface area contributed by atoms with Crippen LogP contribution in [0, 0.1) is 6.92 Å². The summed E-state index contributed by atoms with van der Waals surface area (Å²) in [5, 5.41) is 7.54. The zero-order valence-electron chi connectivity index (χ0n) is 12.3. The van der Waals surface area contributed by atoms with Crippen molar-refractivity contribution in [3.8, 4) is 0 Å². The van der Waals surface area contributed by atoms with E-state index in [-0.39, 0.29) is 17.8 Å². The summed E-state index contributed by atoms with van der Waals surface area (Å²) >= 11 is 0. The number of hydrogen-bond acceptors (Lipinski definition) is 3. The van der Waals surface area contributed by atoms with Gasteiger partial charge in [0, 0.05) is 13.1 Å². The number of nitrogens with one attached hydrogen (secondary N) is 1. The molecule has 1 N–H and O–H groups in total. The quantitative estimate of drug-likeness (QED) is 0.765. The summed E-state index contributed by atoms with van der Waals surface area (Å²) in [5.41, 5.74) is -0.0786. The molecule has 0 aliphatic heterocycles. The van der Waals surface area contributed by atoms with Gasteiger partial charge >= 0.3 is 5.69 Å². The molecule has 1 heterocycles. The van der Waals surface area contributed by atoms with E-state index in [0.717, 1.165) is 18.7 Å². The fraction of sp³-hybridized carbons (Fsp3) is 0.571. The first-order chi connectivity index (χ1) is 9.06. The van der Waals surface area contributed by atoms with Crippen LogP contribution < -0.4 is 11.0 Å². The molecule has 0 fully saturated rings. The van der Waals surface area contributed by atoms with Crippen LogP contribution in [0.4, 0.5) is 0 Å². The maximum Gasteiger partial charge on any atom is 0.345 e. The Balaban J connectivity index is 3.17. The highest BCUT2D eigenvalue weighted by atomic mass is 16.2. The monoisotopic (exact) mass is 264 g/mol. The molecule has 0 aliphatic rings. The fourth-order valence-corrected chi connectivity index (χ4v) is 2.33. The van der Waals surface area contributed by atoms with E-state index in [1.54, 1.807) is 11.6 Å². The van der Waals surface area contributed by atoms with Crippen molar-refractivity contribution in [2.45, 2.75) is 45.7 Å². The van der Waals surface area contributed by atoms with Crippen LogP contribution in [0.3, 0.4) is 0 Å². The minimum atomic E-state index is -0.0786. The summed E-state index contributed by atoms with van der Waals surface area (Å²) in [5.74, 6) is 0.736. The number of aromatic nitrogens is 3. The standard InChI is InChI=1S/C14H24N4O/c1-6-9-13(12(8-3)15-10-7-2)18-11(4)16-17(5)14(18)19/h6-7,10,12-13,15H,1,8-9H2,2-5H3/b10-7-/t12?,13-/m1/s1. The van der Waals surface area contributed by atoms with Crippen LogP contribution in [0.15, 0.2) is 29.7 Å².